The third kappa shape index (κ3) is 3.58. The maximum absolute atomic E-state index is 10.7. The Morgan fingerprint density at radius 3 is 2.42 bits per heavy atom. The first-order valence-corrected chi connectivity index (χ1v) is 9.09. The third-order valence-corrected chi connectivity index (χ3v) is 5.49. The maximum Gasteiger partial charge on any atom is 0.130 e. The van der Waals surface area contributed by atoms with E-state index in [1.807, 2.05) is 43.3 Å². The van der Waals surface area contributed by atoms with Gasteiger partial charge in [-0.3, -0.25) is 0 Å². The zero-order valence-corrected chi connectivity index (χ0v) is 15.3. The summed E-state index contributed by atoms with van der Waals surface area (Å²) in [4.78, 5) is 4.60. The summed E-state index contributed by atoms with van der Waals surface area (Å²) in [6, 6.07) is 11.5. The topological polar surface area (TPSA) is 106 Å². The van der Waals surface area contributed by atoms with Gasteiger partial charge in [0.05, 0.1) is 41.1 Å². The molecule has 0 saturated heterocycles. The molecule has 6 nitrogen and oxygen atoms in total. The molecule has 5 N–H and O–H groups in total. The van der Waals surface area contributed by atoms with Gasteiger partial charge in [0.15, 0.2) is 0 Å². The minimum absolute atomic E-state index is 0.102. The Morgan fingerprint density at radius 1 is 1.08 bits per heavy atom. The lowest BCUT2D eigenvalue weighted by Gasteiger charge is -2.29. The van der Waals surface area contributed by atoms with E-state index in [9.17, 15) is 20.4 Å². The molecule has 3 aromatic rings. The Kier molecular flexibility index (Phi) is 5.55. The van der Waals surface area contributed by atoms with Gasteiger partial charge in [-0.2, -0.15) is 0 Å². The van der Waals surface area contributed by atoms with Crippen molar-refractivity contribution in [2.75, 3.05) is 19.8 Å². The maximum atomic E-state index is 10.7. The molecule has 2 aromatic carbocycles. The minimum atomic E-state index is -1.20. The fourth-order valence-corrected chi connectivity index (χ4v) is 3.72. The fourth-order valence-electron chi connectivity index (χ4n) is 2.74. The molecule has 0 amide bonds. The van der Waals surface area contributed by atoms with E-state index < -0.39 is 25.4 Å². The van der Waals surface area contributed by atoms with E-state index in [4.69, 9.17) is 0 Å². The predicted octanol–water partition coefficient (Wildman–Crippen LogP) is 1.78. The zero-order valence-electron chi connectivity index (χ0n) is 14.4. The van der Waals surface area contributed by atoms with E-state index in [0.29, 0.717) is 11.1 Å². The Morgan fingerprint density at radius 2 is 1.77 bits per heavy atom. The molecule has 0 aliphatic carbocycles. The third-order valence-electron chi connectivity index (χ3n) is 4.42. The largest absolute Gasteiger partial charge is 0.507 e. The minimum Gasteiger partial charge on any atom is -0.507 e. The number of thiazole rings is 1. The number of aromatic hydroxyl groups is 1. The number of aliphatic hydroxyl groups excluding tert-OH is 3. The molecular formula is C19H22N2O4S. The van der Waals surface area contributed by atoms with Crippen LogP contribution < -0.4 is 5.32 Å². The highest BCUT2D eigenvalue weighted by Gasteiger charge is 2.27. The van der Waals surface area contributed by atoms with E-state index in [1.54, 1.807) is 0 Å². The molecule has 0 radical (unpaired) electrons. The number of aromatic nitrogens is 1. The van der Waals surface area contributed by atoms with Crippen LogP contribution in [0.3, 0.4) is 0 Å². The fraction of sp³-hybridized carbons (Fsp3) is 0.316. The number of fused-ring (bicyclic) bond motifs is 1. The van der Waals surface area contributed by atoms with Gasteiger partial charge in [0.25, 0.3) is 0 Å². The molecule has 0 bridgehead atoms. The average Bonchev–Trinajstić information content (AvgIpc) is 3.09. The Labute approximate surface area is 155 Å². The summed E-state index contributed by atoms with van der Waals surface area (Å²) < 4.78 is 1.04. The second-order valence-electron chi connectivity index (χ2n) is 6.42. The SMILES string of the molecule is Cc1cc(CNC(CO)(CO)CO)c(O)c(-c2nc3ccccc3s2)c1. The number of benzene rings is 2. The summed E-state index contributed by atoms with van der Waals surface area (Å²) in [6.45, 7) is 0.857. The lowest BCUT2D eigenvalue weighted by atomic mass is 10.0. The first-order valence-electron chi connectivity index (χ1n) is 8.28. The van der Waals surface area contributed by atoms with E-state index in [1.165, 1.54) is 11.3 Å². The van der Waals surface area contributed by atoms with Crippen LogP contribution in [-0.2, 0) is 6.54 Å². The van der Waals surface area contributed by atoms with Gasteiger partial charge < -0.3 is 25.7 Å². The van der Waals surface area contributed by atoms with Crippen molar-refractivity contribution in [3.05, 3.63) is 47.5 Å². The van der Waals surface area contributed by atoms with Gasteiger partial charge in [-0.1, -0.05) is 18.2 Å². The highest BCUT2D eigenvalue weighted by Crippen LogP contribution is 2.38. The molecule has 0 unspecified atom stereocenters. The molecule has 1 aromatic heterocycles. The lowest BCUT2D eigenvalue weighted by molar-refractivity contribution is 0.0412. The smallest absolute Gasteiger partial charge is 0.130 e. The summed E-state index contributed by atoms with van der Waals surface area (Å²) in [6.07, 6.45) is 0. The van der Waals surface area contributed by atoms with Crippen molar-refractivity contribution >= 4 is 21.6 Å². The molecule has 0 spiro atoms. The van der Waals surface area contributed by atoms with Crippen LogP contribution in [0, 0.1) is 6.92 Å². The van der Waals surface area contributed by atoms with Crippen LogP contribution in [0.25, 0.3) is 20.8 Å². The molecule has 26 heavy (non-hydrogen) atoms. The first-order chi connectivity index (χ1) is 12.5. The van der Waals surface area contributed by atoms with Crippen LogP contribution in [0.4, 0.5) is 0 Å². The Balaban J connectivity index is 1.96. The number of nitrogens with one attached hydrogen (secondary N) is 1. The van der Waals surface area contributed by atoms with Gasteiger partial charge in [-0.05, 0) is 30.7 Å². The number of aliphatic hydroxyl groups is 3. The zero-order chi connectivity index (χ0) is 18.7. The number of hydrogen-bond acceptors (Lipinski definition) is 7. The number of para-hydroxylation sites is 1. The van der Waals surface area contributed by atoms with Crippen molar-refractivity contribution in [2.45, 2.75) is 19.0 Å². The standard InChI is InChI=1S/C19H22N2O4S/c1-12-6-13(8-20-19(9-22,10-23)11-24)17(25)14(7-12)18-21-15-4-2-3-5-16(15)26-18/h2-7,20,22-25H,8-11H2,1H3. The number of phenolic OH excluding ortho intramolecular Hbond substituents is 1. The van der Waals surface area contributed by atoms with Crippen LogP contribution >= 0.6 is 11.3 Å². The summed E-state index contributed by atoms with van der Waals surface area (Å²) in [7, 11) is 0. The van der Waals surface area contributed by atoms with Gasteiger partial charge in [0, 0.05) is 12.1 Å². The highest BCUT2D eigenvalue weighted by atomic mass is 32.1. The summed E-state index contributed by atoms with van der Waals surface area (Å²) in [5.74, 6) is 0.102. The van der Waals surface area contributed by atoms with Crippen molar-refractivity contribution in [2.24, 2.45) is 0 Å². The summed E-state index contributed by atoms with van der Waals surface area (Å²) in [5, 5.41) is 42.7. The van der Waals surface area contributed by atoms with E-state index in [2.05, 4.69) is 10.3 Å². The van der Waals surface area contributed by atoms with Crippen LogP contribution in [0.5, 0.6) is 5.75 Å². The lowest BCUT2D eigenvalue weighted by Crippen LogP contribution is -2.54. The first kappa shape index (κ1) is 18.8. The normalized spacial score (nSPS) is 12.0. The van der Waals surface area contributed by atoms with Crippen LogP contribution in [0.2, 0.25) is 0 Å². The number of hydrogen-bond donors (Lipinski definition) is 5. The monoisotopic (exact) mass is 374 g/mol. The Bertz CT molecular complexity index is 864. The van der Waals surface area contributed by atoms with Gasteiger partial charge in [0.1, 0.15) is 10.8 Å². The summed E-state index contributed by atoms with van der Waals surface area (Å²) in [5.41, 5.74) is 1.89. The van der Waals surface area contributed by atoms with Crippen molar-refractivity contribution in [1.82, 2.24) is 10.3 Å². The number of aryl methyl sites for hydroxylation is 1. The molecule has 0 atom stereocenters. The van der Waals surface area contributed by atoms with E-state index in [0.717, 1.165) is 20.8 Å². The molecule has 7 heteroatoms. The van der Waals surface area contributed by atoms with Gasteiger partial charge >= 0.3 is 0 Å². The molecule has 1 heterocycles. The van der Waals surface area contributed by atoms with Gasteiger partial charge in [0.2, 0.25) is 0 Å². The predicted molar refractivity (Wildman–Crippen MR) is 102 cm³/mol. The van der Waals surface area contributed by atoms with Gasteiger partial charge in [-0.25, -0.2) is 4.98 Å². The van der Waals surface area contributed by atoms with Crippen LogP contribution in [0.1, 0.15) is 11.1 Å². The second-order valence-corrected chi connectivity index (χ2v) is 7.45. The van der Waals surface area contributed by atoms with E-state index >= 15 is 0 Å². The molecule has 0 aliphatic heterocycles. The van der Waals surface area contributed by atoms with Crippen molar-refractivity contribution in [3.8, 4) is 16.3 Å². The number of phenols is 1. The molecular weight excluding hydrogens is 352 g/mol. The van der Waals surface area contributed by atoms with Crippen LogP contribution in [-0.4, -0.2) is 50.8 Å². The second kappa shape index (κ2) is 7.69. The van der Waals surface area contributed by atoms with Crippen molar-refractivity contribution in [1.29, 1.82) is 0 Å². The summed E-state index contributed by atoms with van der Waals surface area (Å²) >= 11 is 1.51. The Hall–Kier alpha value is -2.03. The number of rotatable bonds is 7. The molecule has 3 rings (SSSR count). The van der Waals surface area contributed by atoms with Crippen LogP contribution in [0.15, 0.2) is 36.4 Å². The quantitative estimate of drug-likeness (QED) is 0.432. The van der Waals surface area contributed by atoms with E-state index in [-0.39, 0.29) is 12.3 Å². The van der Waals surface area contributed by atoms with Crippen molar-refractivity contribution in [3.63, 3.8) is 0 Å². The average molecular weight is 374 g/mol. The molecule has 0 fully saturated rings. The van der Waals surface area contributed by atoms with Gasteiger partial charge in [-0.15, -0.1) is 11.3 Å². The van der Waals surface area contributed by atoms with Crippen molar-refractivity contribution < 1.29 is 20.4 Å². The highest BCUT2D eigenvalue weighted by molar-refractivity contribution is 7.21. The molecule has 138 valence electrons. The number of nitrogens with zero attached hydrogens (tertiary/aromatic N) is 1. The molecule has 0 aliphatic rings. The molecule has 0 saturated carbocycles.